The Morgan fingerprint density at radius 2 is 2.45 bits per heavy atom. The Bertz CT molecular complexity index is 195. The highest BCUT2D eigenvalue weighted by Crippen LogP contribution is 2.13. The van der Waals surface area contributed by atoms with Crippen molar-refractivity contribution in [2.75, 3.05) is 20.3 Å². The van der Waals surface area contributed by atoms with E-state index in [1.165, 1.54) is 0 Å². The van der Waals surface area contributed by atoms with E-state index >= 15 is 0 Å². The zero-order chi connectivity index (χ0) is 8.27. The van der Waals surface area contributed by atoms with Crippen LogP contribution in [0.5, 0.6) is 0 Å². The fourth-order valence-electron chi connectivity index (χ4n) is 1.20. The first-order valence-corrected chi connectivity index (χ1v) is 3.55. The Morgan fingerprint density at radius 1 is 1.73 bits per heavy atom. The summed E-state index contributed by atoms with van der Waals surface area (Å²) in [6, 6.07) is 0.0959. The van der Waals surface area contributed by atoms with E-state index in [1.54, 1.807) is 7.05 Å². The molecule has 2 unspecified atom stereocenters. The molecule has 3 heteroatoms. The lowest BCUT2D eigenvalue weighted by Crippen LogP contribution is -2.36. The maximum absolute atomic E-state index is 11.0. The third-order valence-corrected chi connectivity index (χ3v) is 1.93. The number of likely N-dealkylation sites (N-methyl/N-ethyl adjacent to an activating group) is 1. The zero-order valence-corrected chi connectivity index (χ0v) is 6.46. The van der Waals surface area contributed by atoms with Gasteiger partial charge in [-0.15, -0.1) is 6.42 Å². The number of carbonyl (C=O) groups excluding carboxylic acids is 1. The molecule has 2 atom stereocenters. The Morgan fingerprint density at radius 3 is 3.00 bits per heavy atom. The second kappa shape index (κ2) is 3.51. The summed E-state index contributed by atoms with van der Waals surface area (Å²) < 4.78 is 5.10. The van der Waals surface area contributed by atoms with Crippen LogP contribution >= 0.6 is 0 Å². The molecule has 0 aromatic rings. The van der Waals surface area contributed by atoms with Crippen LogP contribution in [0.1, 0.15) is 0 Å². The molecule has 1 fully saturated rings. The average Bonchev–Trinajstić information content (AvgIpc) is 2.50. The van der Waals surface area contributed by atoms with Gasteiger partial charge < -0.3 is 10.1 Å². The topological polar surface area (TPSA) is 38.3 Å². The van der Waals surface area contributed by atoms with Gasteiger partial charge in [-0.2, -0.15) is 0 Å². The zero-order valence-electron chi connectivity index (χ0n) is 6.46. The minimum atomic E-state index is -0.165. The van der Waals surface area contributed by atoms with Crippen molar-refractivity contribution < 1.29 is 9.53 Å². The van der Waals surface area contributed by atoms with Gasteiger partial charge in [-0.05, 0) is 13.0 Å². The molecule has 1 heterocycles. The number of carbonyl (C=O) groups is 1. The van der Waals surface area contributed by atoms with Crippen LogP contribution < -0.4 is 5.32 Å². The maximum Gasteiger partial charge on any atom is 0.212 e. The van der Waals surface area contributed by atoms with E-state index < -0.39 is 0 Å². The fourth-order valence-corrected chi connectivity index (χ4v) is 1.20. The highest BCUT2D eigenvalue weighted by atomic mass is 16.5. The minimum absolute atomic E-state index is 0.0959. The number of hydrogen-bond acceptors (Lipinski definition) is 3. The molecule has 0 aromatic carbocycles. The lowest BCUT2D eigenvalue weighted by molar-refractivity contribution is -0.117. The quantitative estimate of drug-likeness (QED) is 0.426. The maximum atomic E-state index is 11.0. The van der Waals surface area contributed by atoms with Crippen molar-refractivity contribution in [3.05, 3.63) is 0 Å². The van der Waals surface area contributed by atoms with Gasteiger partial charge in [-0.1, -0.05) is 0 Å². The van der Waals surface area contributed by atoms with Crippen molar-refractivity contribution in [2.24, 2.45) is 5.92 Å². The summed E-state index contributed by atoms with van der Waals surface area (Å²) in [6.45, 7) is 1.03. The lowest BCUT2D eigenvalue weighted by atomic mass is 9.99. The van der Waals surface area contributed by atoms with Crippen LogP contribution in [0.2, 0.25) is 0 Å². The molecule has 3 nitrogen and oxygen atoms in total. The summed E-state index contributed by atoms with van der Waals surface area (Å²) in [7, 11) is 1.80. The van der Waals surface area contributed by atoms with Gasteiger partial charge >= 0.3 is 0 Å². The first kappa shape index (κ1) is 8.25. The molecule has 0 amide bonds. The molecule has 1 aliphatic heterocycles. The fraction of sp³-hybridized carbons (Fsp3) is 0.625. The van der Waals surface area contributed by atoms with E-state index in [2.05, 4.69) is 11.2 Å². The van der Waals surface area contributed by atoms with Gasteiger partial charge in [0, 0.05) is 6.04 Å². The Balaban J connectivity index is 2.58. The second-order valence-electron chi connectivity index (χ2n) is 2.55. The number of rotatable bonds is 2. The third-order valence-electron chi connectivity index (χ3n) is 1.93. The third kappa shape index (κ3) is 1.59. The van der Waals surface area contributed by atoms with Gasteiger partial charge in [-0.25, -0.2) is 0 Å². The highest BCUT2D eigenvalue weighted by Gasteiger charge is 2.31. The van der Waals surface area contributed by atoms with Crippen LogP contribution in [0, 0.1) is 18.3 Å². The van der Waals surface area contributed by atoms with Gasteiger partial charge in [0.05, 0.1) is 19.1 Å². The van der Waals surface area contributed by atoms with Crippen molar-refractivity contribution >= 4 is 5.78 Å². The number of Topliss-reactive ketones (excluding diaryl/α,β-unsaturated/α-hetero) is 1. The molecular formula is C8H11NO2. The molecule has 11 heavy (non-hydrogen) atoms. The summed E-state index contributed by atoms with van der Waals surface area (Å²) in [5, 5.41) is 2.99. The van der Waals surface area contributed by atoms with Crippen molar-refractivity contribution in [2.45, 2.75) is 6.04 Å². The second-order valence-corrected chi connectivity index (χ2v) is 2.55. The first-order chi connectivity index (χ1) is 5.29. The van der Waals surface area contributed by atoms with Gasteiger partial charge in [0.15, 0.2) is 0 Å². The molecule has 0 aliphatic carbocycles. The monoisotopic (exact) mass is 153 g/mol. The molecule has 0 spiro atoms. The Hall–Kier alpha value is -0.850. The Kier molecular flexibility index (Phi) is 2.64. The summed E-state index contributed by atoms with van der Waals surface area (Å²) >= 11 is 0. The summed E-state index contributed by atoms with van der Waals surface area (Å²) in [6.07, 6.45) is 4.99. The van der Waals surface area contributed by atoms with E-state index in [-0.39, 0.29) is 17.7 Å². The average molecular weight is 153 g/mol. The van der Waals surface area contributed by atoms with Crippen LogP contribution in [0.4, 0.5) is 0 Å². The number of ketones is 1. The molecule has 1 N–H and O–H groups in total. The normalized spacial score (nSPS) is 29.8. The number of terminal acetylenes is 1. The predicted molar refractivity (Wildman–Crippen MR) is 41.0 cm³/mol. The lowest BCUT2D eigenvalue weighted by Gasteiger charge is -2.11. The van der Waals surface area contributed by atoms with Crippen LogP contribution in [-0.4, -0.2) is 32.1 Å². The molecule has 1 aliphatic rings. The highest BCUT2D eigenvalue weighted by molar-refractivity contribution is 5.97. The molecule has 1 saturated heterocycles. The Labute approximate surface area is 66.1 Å². The van der Waals surface area contributed by atoms with E-state index in [0.29, 0.717) is 13.2 Å². The summed E-state index contributed by atoms with van der Waals surface area (Å²) in [4.78, 5) is 11.0. The van der Waals surface area contributed by atoms with Gasteiger partial charge in [0.1, 0.15) is 0 Å². The van der Waals surface area contributed by atoms with Crippen molar-refractivity contribution in [3.8, 4) is 12.3 Å². The SMILES string of the molecule is C#CC(=O)C1COCC1NC. The predicted octanol–water partition coefficient (Wildman–Crippen LogP) is -0.577. The number of ether oxygens (including phenoxy) is 1. The van der Waals surface area contributed by atoms with Crippen LogP contribution in [0.3, 0.4) is 0 Å². The van der Waals surface area contributed by atoms with Crippen molar-refractivity contribution in [3.63, 3.8) is 0 Å². The summed E-state index contributed by atoms with van der Waals surface area (Å²) in [5.74, 6) is 1.80. The molecule has 0 saturated carbocycles. The minimum Gasteiger partial charge on any atom is -0.379 e. The molecule has 0 aromatic heterocycles. The van der Waals surface area contributed by atoms with Crippen LogP contribution in [-0.2, 0) is 9.53 Å². The van der Waals surface area contributed by atoms with E-state index in [4.69, 9.17) is 11.2 Å². The van der Waals surface area contributed by atoms with E-state index in [9.17, 15) is 4.79 Å². The van der Waals surface area contributed by atoms with Crippen molar-refractivity contribution in [1.82, 2.24) is 5.32 Å². The molecule has 60 valence electrons. The van der Waals surface area contributed by atoms with Crippen LogP contribution in [0.15, 0.2) is 0 Å². The van der Waals surface area contributed by atoms with E-state index in [1.807, 2.05) is 0 Å². The number of nitrogens with one attached hydrogen (secondary N) is 1. The largest absolute Gasteiger partial charge is 0.379 e. The molecular weight excluding hydrogens is 142 g/mol. The van der Waals surface area contributed by atoms with E-state index in [0.717, 1.165) is 0 Å². The first-order valence-electron chi connectivity index (χ1n) is 3.55. The van der Waals surface area contributed by atoms with Gasteiger partial charge in [0.2, 0.25) is 5.78 Å². The molecule has 1 rings (SSSR count). The van der Waals surface area contributed by atoms with Gasteiger partial charge in [-0.3, -0.25) is 4.79 Å². The number of hydrogen-bond donors (Lipinski definition) is 1. The van der Waals surface area contributed by atoms with Crippen LogP contribution in [0.25, 0.3) is 0 Å². The smallest absolute Gasteiger partial charge is 0.212 e. The van der Waals surface area contributed by atoms with Crippen molar-refractivity contribution in [1.29, 1.82) is 0 Å². The molecule has 0 bridgehead atoms. The molecule has 0 radical (unpaired) electrons. The standard InChI is InChI=1S/C8H11NO2/c1-3-8(10)6-4-11-5-7(6)9-2/h1,6-7,9H,4-5H2,2H3. The summed E-state index contributed by atoms with van der Waals surface area (Å²) in [5.41, 5.74) is 0. The van der Waals surface area contributed by atoms with Gasteiger partial charge in [0.25, 0.3) is 0 Å².